The Hall–Kier alpha value is -2.95. The lowest BCUT2D eigenvalue weighted by Crippen LogP contribution is -2.43. The third-order valence-corrected chi connectivity index (χ3v) is 9.06. The zero-order chi connectivity index (χ0) is 22.8. The van der Waals surface area contributed by atoms with Crippen molar-refractivity contribution in [1.82, 2.24) is 9.29 Å². The smallest absolute Gasteiger partial charge is 0.216 e. The fraction of sp³-hybridized carbons (Fsp3) is 0.385. The fourth-order valence-electron chi connectivity index (χ4n) is 4.64. The van der Waals surface area contributed by atoms with Crippen molar-refractivity contribution >= 4 is 26.5 Å². The number of hydrogen-bond donors (Lipinski definition) is 1. The molecule has 0 spiro atoms. The van der Waals surface area contributed by atoms with Crippen LogP contribution in [0.1, 0.15) is 37.7 Å². The fourth-order valence-corrected chi connectivity index (χ4v) is 6.52. The molecule has 0 bridgehead atoms. The standard InChI is InChI=1S/C26H28N4O2S/c27-11-2-4-19-3-1-5-20(15-19)22-16-21-8-12-28-18-25(21)26(17-22)29-23-9-13-30(14-10-23)33(31,32)24-6-7-24/h1,3,5,8,12,15-18,23-24,29H,2,4,6-7,9-10,13-14H2. The minimum absolute atomic E-state index is 0.141. The van der Waals surface area contributed by atoms with Gasteiger partial charge in [-0.05, 0) is 72.4 Å². The number of hydrogen-bond acceptors (Lipinski definition) is 5. The van der Waals surface area contributed by atoms with Gasteiger partial charge in [0.05, 0.1) is 11.3 Å². The van der Waals surface area contributed by atoms with E-state index in [9.17, 15) is 8.42 Å². The van der Waals surface area contributed by atoms with Crippen LogP contribution in [0.4, 0.5) is 5.69 Å². The van der Waals surface area contributed by atoms with Crippen molar-refractivity contribution in [3.8, 4) is 17.2 Å². The monoisotopic (exact) mass is 460 g/mol. The van der Waals surface area contributed by atoms with E-state index in [0.29, 0.717) is 19.5 Å². The van der Waals surface area contributed by atoms with E-state index >= 15 is 0 Å². The molecule has 170 valence electrons. The van der Waals surface area contributed by atoms with Crippen molar-refractivity contribution in [1.29, 1.82) is 5.26 Å². The van der Waals surface area contributed by atoms with Crippen LogP contribution in [0.15, 0.2) is 54.9 Å². The van der Waals surface area contributed by atoms with Gasteiger partial charge in [0.1, 0.15) is 0 Å². The van der Waals surface area contributed by atoms with E-state index in [-0.39, 0.29) is 11.3 Å². The normalized spacial score (nSPS) is 17.7. The highest BCUT2D eigenvalue weighted by atomic mass is 32.2. The summed E-state index contributed by atoms with van der Waals surface area (Å²) in [6.45, 7) is 1.15. The molecule has 6 nitrogen and oxygen atoms in total. The third-order valence-electron chi connectivity index (χ3n) is 6.66. The highest BCUT2D eigenvalue weighted by Gasteiger charge is 2.41. The van der Waals surface area contributed by atoms with Gasteiger partial charge in [0.25, 0.3) is 0 Å². The number of aromatic nitrogens is 1. The Balaban J connectivity index is 1.39. The molecule has 2 heterocycles. The predicted molar refractivity (Wildman–Crippen MR) is 131 cm³/mol. The molecule has 1 aliphatic carbocycles. The average Bonchev–Trinajstić information content (AvgIpc) is 3.70. The summed E-state index contributed by atoms with van der Waals surface area (Å²) >= 11 is 0. The number of nitrogens with one attached hydrogen (secondary N) is 1. The van der Waals surface area contributed by atoms with Gasteiger partial charge in [-0.15, -0.1) is 0 Å². The lowest BCUT2D eigenvalue weighted by molar-refractivity contribution is 0.329. The second kappa shape index (κ2) is 9.12. The number of anilines is 1. The number of sulfonamides is 1. The first-order valence-electron chi connectivity index (χ1n) is 11.6. The van der Waals surface area contributed by atoms with Crippen LogP contribution < -0.4 is 5.32 Å². The quantitative estimate of drug-likeness (QED) is 0.551. The van der Waals surface area contributed by atoms with Crippen molar-refractivity contribution in [3.05, 3.63) is 60.4 Å². The first-order valence-corrected chi connectivity index (χ1v) is 13.1. The van der Waals surface area contributed by atoms with Crippen LogP contribution in [-0.4, -0.2) is 42.1 Å². The predicted octanol–water partition coefficient (Wildman–Crippen LogP) is 4.73. The molecule has 33 heavy (non-hydrogen) atoms. The van der Waals surface area contributed by atoms with E-state index in [0.717, 1.165) is 65.3 Å². The number of fused-ring (bicyclic) bond motifs is 1. The summed E-state index contributed by atoms with van der Waals surface area (Å²) in [5.74, 6) is 0. The van der Waals surface area contributed by atoms with E-state index < -0.39 is 10.0 Å². The lowest BCUT2D eigenvalue weighted by Gasteiger charge is -2.32. The Bertz CT molecular complexity index is 1300. The molecule has 0 unspecified atom stereocenters. The average molecular weight is 461 g/mol. The van der Waals surface area contributed by atoms with Crippen molar-refractivity contribution in [3.63, 3.8) is 0 Å². The Morgan fingerprint density at radius 2 is 1.88 bits per heavy atom. The Labute approximate surface area is 195 Å². The molecule has 2 aliphatic rings. The molecule has 1 N–H and O–H groups in total. The van der Waals surface area contributed by atoms with E-state index in [2.05, 4.69) is 46.7 Å². The number of benzene rings is 2. The van der Waals surface area contributed by atoms with Crippen molar-refractivity contribution in [2.24, 2.45) is 0 Å². The minimum Gasteiger partial charge on any atom is -0.382 e. The molecule has 0 amide bonds. The second-order valence-corrected chi connectivity index (χ2v) is 11.3. The van der Waals surface area contributed by atoms with Gasteiger partial charge in [-0.25, -0.2) is 12.7 Å². The van der Waals surface area contributed by atoms with Gasteiger partial charge in [0, 0.05) is 49.0 Å². The van der Waals surface area contributed by atoms with Gasteiger partial charge < -0.3 is 5.32 Å². The Kier molecular flexibility index (Phi) is 6.05. The number of rotatable bonds is 7. The summed E-state index contributed by atoms with van der Waals surface area (Å²) in [4.78, 5) is 4.33. The highest BCUT2D eigenvalue weighted by molar-refractivity contribution is 7.90. The van der Waals surface area contributed by atoms with Crippen LogP contribution in [0, 0.1) is 11.3 Å². The van der Waals surface area contributed by atoms with E-state index in [4.69, 9.17) is 5.26 Å². The molecule has 3 aromatic rings. The maximum Gasteiger partial charge on any atom is 0.216 e. The number of aryl methyl sites for hydroxylation is 1. The number of nitriles is 1. The number of piperidine rings is 1. The zero-order valence-corrected chi connectivity index (χ0v) is 19.4. The van der Waals surface area contributed by atoms with Crippen LogP contribution >= 0.6 is 0 Å². The van der Waals surface area contributed by atoms with E-state index in [1.807, 2.05) is 18.3 Å². The SMILES string of the molecule is N#CCCc1cccc(-c2cc(NC3CCN(S(=O)(=O)C4CC4)CC3)c3cnccc3c2)c1. The molecular weight excluding hydrogens is 432 g/mol. The molecule has 1 saturated heterocycles. The first-order chi connectivity index (χ1) is 16.0. The summed E-state index contributed by atoms with van der Waals surface area (Å²) in [6, 6.07) is 17.2. The van der Waals surface area contributed by atoms with E-state index in [1.165, 1.54) is 0 Å². The van der Waals surface area contributed by atoms with Gasteiger partial charge in [0.15, 0.2) is 0 Å². The summed E-state index contributed by atoms with van der Waals surface area (Å²) in [5, 5.41) is 14.6. The summed E-state index contributed by atoms with van der Waals surface area (Å²) in [6.07, 6.45) is 8.15. The highest BCUT2D eigenvalue weighted by Crippen LogP contribution is 2.34. The van der Waals surface area contributed by atoms with Crippen LogP contribution in [-0.2, 0) is 16.4 Å². The first kappa shape index (κ1) is 21.9. The molecule has 2 aromatic carbocycles. The van der Waals surface area contributed by atoms with Gasteiger partial charge in [-0.3, -0.25) is 4.98 Å². The molecule has 7 heteroatoms. The van der Waals surface area contributed by atoms with Gasteiger partial charge in [-0.2, -0.15) is 5.26 Å². The molecule has 2 fully saturated rings. The third kappa shape index (κ3) is 4.73. The minimum atomic E-state index is -3.10. The molecule has 0 radical (unpaired) electrons. The van der Waals surface area contributed by atoms with Gasteiger partial charge >= 0.3 is 0 Å². The maximum absolute atomic E-state index is 12.6. The lowest BCUT2D eigenvalue weighted by atomic mass is 9.97. The molecule has 0 atom stereocenters. The van der Waals surface area contributed by atoms with Gasteiger partial charge in [-0.1, -0.05) is 24.3 Å². The van der Waals surface area contributed by atoms with Crippen LogP contribution in [0.25, 0.3) is 21.9 Å². The largest absolute Gasteiger partial charge is 0.382 e. The second-order valence-electron chi connectivity index (χ2n) is 9.04. The maximum atomic E-state index is 12.6. The number of pyridine rings is 1. The molecule has 5 rings (SSSR count). The molecular formula is C26H28N4O2S. The van der Waals surface area contributed by atoms with Crippen molar-refractivity contribution in [2.45, 2.75) is 49.8 Å². The Morgan fingerprint density at radius 3 is 2.64 bits per heavy atom. The summed E-state index contributed by atoms with van der Waals surface area (Å²) < 4.78 is 26.8. The van der Waals surface area contributed by atoms with Crippen LogP contribution in [0.5, 0.6) is 0 Å². The van der Waals surface area contributed by atoms with Gasteiger partial charge in [0.2, 0.25) is 10.0 Å². The van der Waals surface area contributed by atoms with Crippen molar-refractivity contribution in [2.75, 3.05) is 18.4 Å². The Morgan fingerprint density at radius 1 is 1.06 bits per heavy atom. The molecule has 1 saturated carbocycles. The zero-order valence-electron chi connectivity index (χ0n) is 18.6. The van der Waals surface area contributed by atoms with Crippen molar-refractivity contribution < 1.29 is 8.42 Å². The molecule has 1 aromatic heterocycles. The van der Waals surface area contributed by atoms with E-state index in [1.54, 1.807) is 10.5 Å². The molecule has 1 aliphatic heterocycles. The van der Waals surface area contributed by atoms with Crippen LogP contribution in [0.2, 0.25) is 0 Å². The van der Waals surface area contributed by atoms with Crippen LogP contribution in [0.3, 0.4) is 0 Å². The topological polar surface area (TPSA) is 86.1 Å². The summed E-state index contributed by atoms with van der Waals surface area (Å²) in [5.41, 5.74) is 4.42. The number of nitrogens with zero attached hydrogens (tertiary/aromatic N) is 3. The summed E-state index contributed by atoms with van der Waals surface area (Å²) in [7, 11) is -3.10.